The van der Waals surface area contributed by atoms with Crippen LogP contribution in [0.25, 0.3) is 11.1 Å². The lowest BCUT2D eigenvalue weighted by atomic mass is 10.1. The third-order valence-corrected chi connectivity index (χ3v) is 4.28. The molecule has 1 amide bonds. The minimum Gasteiger partial charge on any atom is -0.482 e. The van der Waals surface area contributed by atoms with Crippen molar-refractivity contribution in [3.63, 3.8) is 0 Å². The maximum Gasteiger partial charge on any atom is 0.291 e. The molecule has 0 aliphatic heterocycles. The molecule has 7 nitrogen and oxygen atoms in total. The topological polar surface area (TPSA) is 97.2 Å². The van der Waals surface area contributed by atoms with Crippen molar-refractivity contribution in [1.82, 2.24) is 10.2 Å². The van der Waals surface area contributed by atoms with Gasteiger partial charge in [0, 0.05) is 23.5 Å². The molecule has 0 saturated carbocycles. The highest BCUT2D eigenvalue weighted by molar-refractivity contribution is 6.02. The third kappa shape index (κ3) is 4.44. The van der Waals surface area contributed by atoms with Gasteiger partial charge in [0.25, 0.3) is 5.91 Å². The van der Waals surface area contributed by atoms with Gasteiger partial charge in [-0.15, -0.1) is 0 Å². The second-order valence-corrected chi connectivity index (χ2v) is 6.41. The summed E-state index contributed by atoms with van der Waals surface area (Å²) in [5.74, 6) is -1.12. The van der Waals surface area contributed by atoms with Crippen LogP contribution >= 0.6 is 0 Å². The van der Waals surface area contributed by atoms with Crippen molar-refractivity contribution in [1.29, 1.82) is 0 Å². The average Bonchev–Trinajstić information content (AvgIpc) is 3.29. The predicted octanol–water partition coefficient (Wildman–Crippen LogP) is 4.00. The van der Waals surface area contributed by atoms with Gasteiger partial charge < -0.3 is 14.5 Å². The lowest BCUT2D eigenvalue weighted by Gasteiger charge is -2.08. The molecule has 0 unspecified atom stereocenters. The Balaban J connectivity index is 1.43. The number of rotatable bonds is 6. The molecule has 0 bridgehead atoms. The van der Waals surface area contributed by atoms with E-state index in [9.17, 15) is 14.0 Å². The molecule has 2 heterocycles. The monoisotopic (exact) mass is 405 g/mol. The van der Waals surface area contributed by atoms with Gasteiger partial charge in [0.2, 0.25) is 11.2 Å². The van der Waals surface area contributed by atoms with Crippen LogP contribution in [0.1, 0.15) is 16.1 Å². The molecule has 4 aromatic rings. The van der Waals surface area contributed by atoms with Gasteiger partial charge in [0.1, 0.15) is 18.7 Å². The van der Waals surface area contributed by atoms with E-state index in [1.165, 1.54) is 12.1 Å². The van der Waals surface area contributed by atoms with Crippen LogP contribution in [0, 0.1) is 5.82 Å². The summed E-state index contributed by atoms with van der Waals surface area (Å²) in [5.41, 5.74) is 2.47. The van der Waals surface area contributed by atoms with E-state index in [1.807, 2.05) is 6.07 Å². The molecule has 2 N–H and O–H groups in total. The second kappa shape index (κ2) is 8.44. The molecule has 0 fully saturated rings. The molecule has 0 aliphatic carbocycles. The highest BCUT2D eigenvalue weighted by atomic mass is 19.1. The molecule has 0 atom stereocenters. The number of benzene rings is 2. The molecule has 0 saturated heterocycles. The normalized spacial score (nSPS) is 10.6. The van der Waals surface area contributed by atoms with Crippen LogP contribution in [0.4, 0.5) is 10.1 Å². The van der Waals surface area contributed by atoms with Gasteiger partial charge in [-0.05, 0) is 35.4 Å². The van der Waals surface area contributed by atoms with Gasteiger partial charge in [-0.2, -0.15) is 5.10 Å². The lowest BCUT2D eigenvalue weighted by Crippen LogP contribution is -2.15. The van der Waals surface area contributed by atoms with Gasteiger partial charge in [-0.3, -0.25) is 14.7 Å². The molecule has 150 valence electrons. The quantitative estimate of drug-likeness (QED) is 0.505. The Labute approximate surface area is 170 Å². The summed E-state index contributed by atoms with van der Waals surface area (Å²) < 4.78 is 23.6. The van der Waals surface area contributed by atoms with Crippen molar-refractivity contribution in [3.05, 3.63) is 101 Å². The zero-order valence-electron chi connectivity index (χ0n) is 15.6. The zero-order chi connectivity index (χ0) is 20.9. The average molecular weight is 405 g/mol. The Morgan fingerprint density at radius 3 is 2.70 bits per heavy atom. The zero-order valence-corrected chi connectivity index (χ0v) is 15.6. The number of carbonyl (C=O) groups excluding carboxylic acids is 1. The van der Waals surface area contributed by atoms with E-state index < -0.39 is 11.3 Å². The first-order valence-electron chi connectivity index (χ1n) is 8.99. The maximum absolute atomic E-state index is 12.9. The Hall–Kier alpha value is -4.20. The Bertz CT molecular complexity index is 1220. The largest absolute Gasteiger partial charge is 0.482 e. The summed E-state index contributed by atoms with van der Waals surface area (Å²) >= 11 is 0. The SMILES string of the molecule is O=C(Nc1cccc(-c2cn[nH]c2)c1)c1cc(=O)c(OCc2ccc(F)cc2)co1. The minimum absolute atomic E-state index is 0.0437. The highest BCUT2D eigenvalue weighted by Crippen LogP contribution is 2.22. The number of halogens is 1. The number of aromatic amines is 1. The number of nitrogens with zero attached hydrogens (tertiary/aromatic N) is 1. The molecule has 8 heteroatoms. The van der Waals surface area contributed by atoms with Crippen LogP contribution in [0.3, 0.4) is 0 Å². The van der Waals surface area contributed by atoms with Crippen LogP contribution in [0.5, 0.6) is 5.75 Å². The summed E-state index contributed by atoms with van der Waals surface area (Å²) in [6.45, 7) is 0.0669. The molecular formula is C22H16FN3O4. The summed E-state index contributed by atoms with van der Waals surface area (Å²) in [7, 11) is 0. The van der Waals surface area contributed by atoms with Crippen molar-refractivity contribution >= 4 is 11.6 Å². The fourth-order valence-electron chi connectivity index (χ4n) is 2.74. The minimum atomic E-state index is -0.568. The molecule has 0 radical (unpaired) electrons. The lowest BCUT2D eigenvalue weighted by molar-refractivity contribution is 0.0993. The number of carbonyl (C=O) groups is 1. The van der Waals surface area contributed by atoms with Crippen LogP contribution < -0.4 is 15.5 Å². The van der Waals surface area contributed by atoms with Gasteiger partial charge >= 0.3 is 0 Å². The first kappa shape index (κ1) is 19.1. The number of amides is 1. The first-order valence-corrected chi connectivity index (χ1v) is 8.99. The van der Waals surface area contributed by atoms with Crippen LogP contribution in [-0.2, 0) is 6.61 Å². The van der Waals surface area contributed by atoms with E-state index in [4.69, 9.17) is 9.15 Å². The van der Waals surface area contributed by atoms with E-state index in [1.54, 1.807) is 42.7 Å². The van der Waals surface area contributed by atoms with Crippen molar-refractivity contribution in [2.24, 2.45) is 0 Å². The molecular weight excluding hydrogens is 389 g/mol. The van der Waals surface area contributed by atoms with E-state index in [-0.39, 0.29) is 23.9 Å². The summed E-state index contributed by atoms with van der Waals surface area (Å²) in [5, 5.41) is 9.33. The van der Waals surface area contributed by atoms with Gasteiger partial charge in [-0.25, -0.2) is 4.39 Å². The molecule has 30 heavy (non-hydrogen) atoms. The summed E-state index contributed by atoms with van der Waals surface area (Å²) in [6.07, 6.45) is 4.50. The Kier molecular flexibility index (Phi) is 5.38. The maximum atomic E-state index is 12.9. The number of H-pyrrole nitrogens is 1. The number of nitrogens with one attached hydrogen (secondary N) is 2. The second-order valence-electron chi connectivity index (χ2n) is 6.41. The number of ether oxygens (including phenoxy) is 1. The van der Waals surface area contributed by atoms with Gasteiger partial charge in [0.15, 0.2) is 5.76 Å². The molecule has 2 aromatic heterocycles. The van der Waals surface area contributed by atoms with E-state index in [0.29, 0.717) is 11.3 Å². The molecule has 0 spiro atoms. The van der Waals surface area contributed by atoms with Crippen molar-refractivity contribution < 1.29 is 18.3 Å². The van der Waals surface area contributed by atoms with E-state index in [2.05, 4.69) is 15.5 Å². The van der Waals surface area contributed by atoms with Crippen molar-refractivity contribution in [3.8, 4) is 16.9 Å². The highest BCUT2D eigenvalue weighted by Gasteiger charge is 2.13. The molecule has 4 rings (SSSR count). The number of aromatic nitrogens is 2. The standard InChI is InChI=1S/C22H16FN3O4/c23-17-6-4-14(5-7-17)12-29-21-13-30-20(9-19(21)27)22(28)26-18-3-1-2-15(8-18)16-10-24-25-11-16/h1-11,13H,12H2,(H,24,25)(H,26,28). The van der Waals surface area contributed by atoms with E-state index >= 15 is 0 Å². The molecule has 0 aliphatic rings. The fraction of sp³-hybridized carbons (Fsp3) is 0.0455. The Morgan fingerprint density at radius 1 is 1.13 bits per heavy atom. The third-order valence-electron chi connectivity index (χ3n) is 4.28. The van der Waals surface area contributed by atoms with Gasteiger partial charge in [-0.1, -0.05) is 24.3 Å². The predicted molar refractivity (Wildman–Crippen MR) is 108 cm³/mol. The fourth-order valence-corrected chi connectivity index (χ4v) is 2.74. The van der Waals surface area contributed by atoms with Crippen LogP contribution in [0.2, 0.25) is 0 Å². The van der Waals surface area contributed by atoms with Crippen molar-refractivity contribution in [2.75, 3.05) is 5.32 Å². The summed E-state index contributed by atoms with van der Waals surface area (Å²) in [4.78, 5) is 24.7. The first-order chi connectivity index (χ1) is 14.6. The van der Waals surface area contributed by atoms with Gasteiger partial charge in [0.05, 0.1) is 6.20 Å². The smallest absolute Gasteiger partial charge is 0.291 e. The van der Waals surface area contributed by atoms with E-state index in [0.717, 1.165) is 23.5 Å². The number of hydrogen-bond donors (Lipinski definition) is 2. The van der Waals surface area contributed by atoms with Crippen molar-refractivity contribution in [2.45, 2.75) is 6.61 Å². The molecule has 2 aromatic carbocycles. The Morgan fingerprint density at radius 2 is 1.97 bits per heavy atom. The number of hydrogen-bond acceptors (Lipinski definition) is 5. The number of anilines is 1. The summed E-state index contributed by atoms with van der Waals surface area (Å²) in [6, 6.07) is 13.9. The van der Waals surface area contributed by atoms with Crippen LogP contribution in [-0.4, -0.2) is 16.1 Å². The van der Waals surface area contributed by atoms with Crippen LogP contribution in [0.15, 0.2) is 82.5 Å².